The van der Waals surface area contributed by atoms with Crippen LogP contribution in [-0.4, -0.2) is 51.7 Å². The molecule has 6 nitrogen and oxygen atoms in total. The number of ether oxygens (including phenoxy) is 1. The lowest BCUT2D eigenvalue weighted by atomic mass is 9.98. The van der Waals surface area contributed by atoms with E-state index in [1.165, 1.54) is 24.3 Å². The lowest BCUT2D eigenvalue weighted by molar-refractivity contribution is -0.135. The second kappa shape index (κ2) is 7.74. The lowest BCUT2D eigenvalue weighted by Crippen LogP contribution is -2.45. The summed E-state index contributed by atoms with van der Waals surface area (Å²) in [5.41, 5.74) is 0. The maximum absolute atomic E-state index is 12.8. The summed E-state index contributed by atoms with van der Waals surface area (Å²) in [6.07, 6.45) is 2.83. The number of piperidine rings is 1. The zero-order chi connectivity index (χ0) is 16.9. The van der Waals surface area contributed by atoms with Crippen LogP contribution in [0.4, 0.5) is 4.39 Å². The van der Waals surface area contributed by atoms with Gasteiger partial charge in [-0.1, -0.05) is 0 Å². The monoisotopic (exact) mass is 344 g/mol. The molecule has 1 aliphatic heterocycles. The van der Waals surface area contributed by atoms with Gasteiger partial charge in [-0.15, -0.1) is 0 Å². The molecule has 8 heteroatoms. The maximum Gasteiger partial charge on any atom is 0.260 e. The van der Waals surface area contributed by atoms with Crippen LogP contribution in [0.3, 0.4) is 0 Å². The van der Waals surface area contributed by atoms with E-state index in [2.05, 4.69) is 4.72 Å². The minimum atomic E-state index is -3.22. The van der Waals surface area contributed by atoms with Crippen molar-refractivity contribution in [2.45, 2.75) is 12.8 Å². The largest absolute Gasteiger partial charge is 0.484 e. The zero-order valence-electron chi connectivity index (χ0n) is 13.0. The SMILES string of the molecule is CS(=O)(=O)NC[C@@H]1CCCN(C(=O)COc2ccc(F)cc2)C1. The summed E-state index contributed by atoms with van der Waals surface area (Å²) in [4.78, 5) is 13.9. The molecular formula is C15H21FN2O4S. The molecule has 23 heavy (non-hydrogen) atoms. The number of benzene rings is 1. The summed E-state index contributed by atoms with van der Waals surface area (Å²) >= 11 is 0. The molecule has 1 heterocycles. The van der Waals surface area contributed by atoms with Gasteiger partial charge >= 0.3 is 0 Å². The number of carbonyl (C=O) groups excluding carboxylic acids is 1. The zero-order valence-corrected chi connectivity index (χ0v) is 13.8. The van der Waals surface area contributed by atoms with Gasteiger partial charge in [-0.3, -0.25) is 4.79 Å². The molecule has 1 amide bonds. The highest BCUT2D eigenvalue weighted by atomic mass is 32.2. The number of likely N-dealkylation sites (tertiary alicyclic amines) is 1. The first-order valence-electron chi connectivity index (χ1n) is 7.44. The minimum Gasteiger partial charge on any atom is -0.484 e. The Morgan fingerprint density at radius 2 is 2.09 bits per heavy atom. The van der Waals surface area contributed by atoms with Gasteiger partial charge in [-0.25, -0.2) is 17.5 Å². The van der Waals surface area contributed by atoms with Gasteiger partial charge in [0.2, 0.25) is 10.0 Å². The van der Waals surface area contributed by atoms with E-state index in [4.69, 9.17) is 4.74 Å². The van der Waals surface area contributed by atoms with E-state index >= 15 is 0 Å². The maximum atomic E-state index is 12.8. The normalized spacial score (nSPS) is 18.7. The summed E-state index contributed by atoms with van der Waals surface area (Å²) < 4.78 is 42.9. The first-order chi connectivity index (χ1) is 10.8. The van der Waals surface area contributed by atoms with Crippen molar-refractivity contribution in [1.29, 1.82) is 0 Å². The Hall–Kier alpha value is -1.67. The van der Waals surface area contributed by atoms with E-state index in [9.17, 15) is 17.6 Å². The number of halogens is 1. The van der Waals surface area contributed by atoms with Gasteiger partial charge in [-0.05, 0) is 43.0 Å². The number of nitrogens with zero attached hydrogens (tertiary/aromatic N) is 1. The van der Waals surface area contributed by atoms with Gasteiger partial charge in [0.15, 0.2) is 6.61 Å². The Morgan fingerprint density at radius 3 is 2.74 bits per heavy atom. The Bertz CT molecular complexity index is 633. The van der Waals surface area contributed by atoms with Crippen LogP contribution < -0.4 is 9.46 Å². The molecule has 1 N–H and O–H groups in total. The van der Waals surface area contributed by atoms with Crippen molar-refractivity contribution >= 4 is 15.9 Å². The summed E-state index contributed by atoms with van der Waals surface area (Å²) in [5.74, 6) is 0.0274. The third-order valence-electron chi connectivity index (χ3n) is 3.68. The average molecular weight is 344 g/mol. The number of hydrogen-bond acceptors (Lipinski definition) is 4. The van der Waals surface area contributed by atoms with Gasteiger partial charge < -0.3 is 9.64 Å². The highest BCUT2D eigenvalue weighted by molar-refractivity contribution is 7.88. The fourth-order valence-corrected chi connectivity index (χ4v) is 3.03. The van der Waals surface area contributed by atoms with Crippen molar-refractivity contribution in [3.8, 4) is 5.75 Å². The average Bonchev–Trinajstić information content (AvgIpc) is 2.52. The molecule has 0 aliphatic carbocycles. The molecule has 1 fully saturated rings. The van der Waals surface area contributed by atoms with E-state index in [1.54, 1.807) is 4.90 Å². The number of carbonyl (C=O) groups is 1. The smallest absolute Gasteiger partial charge is 0.260 e. The third kappa shape index (κ3) is 6.15. The topological polar surface area (TPSA) is 75.7 Å². The Balaban J connectivity index is 1.80. The molecule has 2 rings (SSSR count). The molecule has 0 saturated carbocycles. The molecule has 0 bridgehead atoms. The van der Waals surface area contributed by atoms with Crippen molar-refractivity contribution in [3.05, 3.63) is 30.1 Å². The summed E-state index contributed by atoms with van der Waals surface area (Å²) in [7, 11) is -3.22. The Morgan fingerprint density at radius 1 is 1.39 bits per heavy atom. The van der Waals surface area contributed by atoms with Crippen LogP contribution in [0.2, 0.25) is 0 Å². The van der Waals surface area contributed by atoms with Crippen LogP contribution in [0.1, 0.15) is 12.8 Å². The fraction of sp³-hybridized carbons (Fsp3) is 0.533. The molecule has 1 atom stereocenters. The minimum absolute atomic E-state index is 0.105. The van der Waals surface area contributed by atoms with Crippen molar-refractivity contribution in [1.82, 2.24) is 9.62 Å². The number of sulfonamides is 1. The van der Waals surface area contributed by atoms with Crippen molar-refractivity contribution < 1.29 is 22.3 Å². The third-order valence-corrected chi connectivity index (χ3v) is 4.37. The van der Waals surface area contributed by atoms with Crippen LogP contribution in [0.25, 0.3) is 0 Å². The molecule has 0 radical (unpaired) electrons. The summed E-state index contributed by atoms with van der Waals surface area (Å²) in [5, 5.41) is 0. The first kappa shape index (κ1) is 17.7. The molecule has 1 aromatic rings. The molecule has 1 aliphatic rings. The van der Waals surface area contributed by atoms with Crippen LogP contribution in [0.5, 0.6) is 5.75 Å². The van der Waals surface area contributed by atoms with Gasteiger partial charge in [0, 0.05) is 19.6 Å². The standard InChI is InChI=1S/C15H21FN2O4S/c1-23(20,21)17-9-12-3-2-8-18(10-12)15(19)11-22-14-6-4-13(16)5-7-14/h4-7,12,17H,2-3,8-11H2,1H3/t12-/m0/s1. The van der Waals surface area contributed by atoms with Gasteiger partial charge in [-0.2, -0.15) is 0 Å². The number of nitrogens with one attached hydrogen (secondary N) is 1. The molecular weight excluding hydrogens is 323 g/mol. The predicted molar refractivity (Wildman–Crippen MR) is 84.0 cm³/mol. The van der Waals surface area contributed by atoms with Crippen molar-refractivity contribution in [2.75, 3.05) is 32.5 Å². The van der Waals surface area contributed by atoms with E-state index in [-0.39, 0.29) is 24.2 Å². The van der Waals surface area contributed by atoms with E-state index in [1.807, 2.05) is 0 Å². The first-order valence-corrected chi connectivity index (χ1v) is 9.33. The highest BCUT2D eigenvalue weighted by Crippen LogP contribution is 2.17. The van der Waals surface area contributed by atoms with E-state index < -0.39 is 10.0 Å². The van der Waals surface area contributed by atoms with E-state index in [0.29, 0.717) is 25.4 Å². The number of rotatable bonds is 6. The van der Waals surface area contributed by atoms with Gasteiger partial charge in [0.05, 0.1) is 6.26 Å². The van der Waals surface area contributed by atoms with Crippen molar-refractivity contribution in [2.24, 2.45) is 5.92 Å². The molecule has 1 saturated heterocycles. The molecule has 1 aromatic carbocycles. The molecule has 0 spiro atoms. The highest BCUT2D eigenvalue weighted by Gasteiger charge is 2.24. The predicted octanol–water partition coefficient (Wildman–Crippen LogP) is 0.992. The number of hydrogen-bond donors (Lipinski definition) is 1. The van der Waals surface area contributed by atoms with Crippen LogP contribution in [0, 0.1) is 11.7 Å². The van der Waals surface area contributed by atoms with Crippen LogP contribution >= 0.6 is 0 Å². The lowest BCUT2D eigenvalue weighted by Gasteiger charge is -2.32. The van der Waals surface area contributed by atoms with Crippen LogP contribution in [-0.2, 0) is 14.8 Å². The van der Waals surface area contributed by atoms with E-state index in [0.717, 1.165) is 19.1 Å². The summed E-state index contributed by atoms with van der Waals surface area (Å²) in [6, 6.07) is 5.48. The molecule has 128 valence electrons. The quantitative estimate of drug-likeness (QED) is 0.835. The Labute approximate surface area is 135 Å². The summed E-state index contributed by atoms with van der Waals surface area (Å²) in [6.45, 7) is 1.37. The molecule has 0 unspecified atom stereocenters. The van der Waals surface area contributed by atoms with Gasteiger partial charge in [0.1, 0.15) is 11.6 Å². The van der Waals surface area contributed by atoms with Gasteiger partial charge in [0.25, 0.3) is 5.91 Å². The van der Waals surface area contributed by atoms with Crippen molar-refractivity contribution in [3.63, 3.8) is 0 Å². The number of amides is 1. The molecule has 0 aromatic heterocycles. The van der Waals surface area contributed by atoms with Crippen LogP contribution in [0.15, 0.2) is 24.3 Å². The fourth-order valence-electron chi connectivity index (χ4n) is 2.49. The second-order valence-corrected chi connectivity index (χ2v) is 7.54. The second-order valence-electron chi connectivity index (χ2n) is 5.71. The Kier molecular flexibility index (Phi) is 5.95.